The van der Waals surface area contributed by atoms with Gasteiger partial charge in [0, 0.05) is 18.0 Å². The molecule has 1 aromatic carbocycles. The number of carboxylic acid groups (broad SMARTS) is 1. The van der Waals surface area contributed by atoms with Gasteiger partial charge in [0.25, 0.3) is 0 Å². The van der Waals surface area contributed by atoms with E-state index in [1.54, 1.807) is 13.8 Å². The lowest BCUT2D eigenvalue weighted by Crippen LogP contribution is -2.20. The molecule has 1 N–H and O–H groups in total. The molecule has 21 heavy (non-hydrogen) atoms. The number of carboxylic acids is 1. The Labute approximate surface area is 118 Å². The fraction of sp³-hybridized carbons (Fsp3) is 0.333. The van der Waals surface area contributed by atoms with Crippen LogP contribution in [0.4, 0.5) is 8.78 Å². The molecular weight excluding hydrogens is 280 g/mol. The normalized spacial score (nSPS) is 20.8. The number of pyridine rings is 1. The third-order valence-electron chi connectivity index (χ3n) is 4.09. The minimum atomic E-state index is -1.40. The number of hydrogen-bond donors (Lipinski definition) is 1. The smallest absolute Gasteiger partial charge is 0.341 e. The predicted molar refractivity (Wildman–Crippen MR) is 73.1 cm³/mol. The maximum Gasteiger partial charge on any atom is 0.341 e. The molecule has 1 aliphatic carbocycles. The first-order valence-corrected chi connectivity index (χ1v) is 6.54. The summed E-state index contributed by atoms with van der Waals surface area (Å²) in [5.74, 6) is -1.97. The fourth-order valence-electron chi connectivity index (χ4n) is 2.63. The standard InChI is InChI=1S/C15H13F2NO3/c1-6-7(2)13-8(3-10(6)16)14(19)9(15(20)21)5-18(13)12-4-11(12)17/h3,5,11-12H,4H2,1-2H3,(H,20,21)/t11-,12+/m0/s1. The van der Waals surface area contributed by atoms with Crippen molar-refractivity contribution in [2.75, 3.05) is 0 Å². The van der Waals surface area contributed by atoms with Crippen LogP contribution >= 0.6 is 0 Å². The van der Waals surface area contributed by atoms with E-state index < -0.39 is 35.0 Å². The summed E-state index contributed by atoms with van der Waals surface area (Å²) in [4.78, 5) is 23.4. The van der Waals surface area contributed by atoms with Gasteiger partial charge in [0.05, 0.1) is 11.6 Å². The van der Waals surface area contributed by atoms with E-state index in [0.717, 1.165) is 6.07 Å². The maximum absolute atomic E-state index is 13.9. The number of rotatable bonds is 2. The highest BCUT2D eigenvalue weighted by Crippen LogP contribution is 2.41. The van der Waals surface area contributed by atoms with E-state index in [2.05, 4.69) is 0 Å². The molecule has 110 valence electrons. The first kappa shape index (κ1) is 13.7. The number of carbonyl (C=O) groups is 1. The Morgan fingerprint density at radius 1 is 1.38 bits per heavy atom. The van der Waals surface area contributed by atoms with E-state index in [4.69, 9.17) is 5.11 Å². The second kappa shape index (κ2) is 4.38. The second-order valence-corrected chi connectivity index (χ2v) is 5.41. The van der Waals surface area contributed by atoms with Gasteiger partial charge in [-0.2, -0.15) is 0 Å². The Kier molecular flexibility index (Phi) is 2.86. The van der Waals surface area contributed by atoms with Crippen LogP contribution in [0.1, 0.15) is 33.9 Å². The monoisotopic (exact) mass is 293 g/mol. The van der Waals surface area contributed by atoms with Crippen LogP contribution in [0.3, 0.4) is 0 Å². The van der Waals surface area contributed by atoms with Crippen molar-refractivity contribution < 1.29 is 18.7 Å². The van der Waals surface area contributed by atoms with Crippen LogP contribution in [-0.2, 0) is 0 Å². The number of hydrogen-bond acceptors (Lipinski definition) is 2. The zero-order valence-electron chi connectivity index (χ0n) is 11.5. The molecule has 1 aromatic heterocycles. The van der Waals surface area contributed by atoms with Crippen molar-refractivity contribution in [2.45, 2.75) is 32.5 Å². The quantitative estimate of drug-likeness (QED) is 0.926. The lowest BCUT2D eigenvalue weighted by Gasteiger charge is -2.15. The summed E-state index contributed by atoms with van der Waals surface area (Å²) < 4.78 is 28.8. The Bertz CT molecular complexity index is 841. The van der Waals surface area contributed by atoms with Gasteiger partial charge < -0.3 is 9.67 Å². The first-order valence-electron chi connectivity index (χ1n) is 6.54. The van der Waals surface area contributed by atoms with Gasteiger partial charge in [0.1, 0.15) is 17.6 Å². The van der Waals surface area contributed by atoms with Gasteiger partial charge in [-0.25, -0.2) is 13.6 Å². The fourth-order valence-corrected chi connectivity index (χ4v) is 2.63. The van der Waals surface area contributed by atoms with Crippen LogP contribution in [0.25, 0.3) is 10.9 Å². The average Bonchev–Trinajstić information content (AvgIpc) is 3.14. The van der Waals surface area contributed by atoms with E-state index >= 15 is 0 Å². The summed E-state index contributed by atoms with van der Waals surface area (Å²) in [5, 5.41) is 9.09. The first-order chi connectivity index (χ1) is 9.82. The van der Waals surface area contributed by atoms with Crippen molar-refractivity contribution in [3.63, 3.8) is 0 Å². The molecule has 2 atom stereocenters. The van der Waals surface area contributed by atoms with E-state index in [1.807, 2.05) is 0 Å². The van der Waals surface area contributed by atoms with Crippen LogP contribution in [0, 0.1) is 19.7 Å². The number of alkyl halides is 1. The Hall–Kier alpha value is -2.24. The summed E-state index contributed by atoms with van der Waals surface area (Å²) >= 11 is 0. The molecule has 1 saturated carbocycles. The molecule has 1 aliphatic rings. The molecule has 0 unspecified atom stereocenters. The zero-order chi connectivity index (χ0) is 15.5. The lowest BCUT2D eigenvalue weighted by atomic mass is 10.0. The van der Waals surface area contributed by atoms with E-state index in [9.17, 15) is 18.4 Å². The summed E-state index contributed by atoms with van der Waals surface area (Å²) in [5.41, 5.74) is 0.0954. The van der Waals surface area contributed by atoms with Crippen molar-refractivity contribution in [3.05, 3.63) is 45.0 Å². The van der Waals surface area contributed by atoms with Crippen LogP contribution in [-0.4, -0.2) is 21.8 Å². The third-order valence-corrected chi connectivity index (χ3v) is 4.09. The van der Waals surface area contributed by atoms with Gasteiger partial charge in [-0.15, -0.1) is 0 Å². The number of aromatic nitrogens is 1. The lowest BCUT2D eigenvalue weighted by molar-refractivity contribution is 0.0694. The number of aryl methyl sites for hydroxylation is 1. The van der Waals surface area contributed by atoms with Crippen molar-refractivity contribution in [3.8, 4) is 0 Å². The molecule has 6 heteroatoms. The summed E-state index contributed by atoms with van der Waals surface area (Å²) in [7, 11) is 0. The van der Waals surface area contributed by atoms with Gasteiger partial charge in [-0.1, -0.05) is 0 Å². The van der Waals surface area contributed by atoms with Gasteiger partial charge in [0.15, 0.2) is 0 Å². The summed E-state index contributed by atoms with van der Waals surface area (Å²) in [6.45, 7) is 3.22. The minimum absolute atomic E-state index is 0.0189. The SMILES string of the molecule is Cc1c(F)cc2c(=O)c(C(=O)O)cn([C@@H]3C[C@@H]3F)c2c1C. The van der Waals surface area contributed by atoms with Crippen molar-refractivity contribution in [1.29, 1.82) is 0 Å². The molecule has 0 saturated heterocycles. The van der Waals surface area contributed by atoms with Crippen LogP contribution in [0.2, 0.25) is 0 Å². The van der Waals surface area contributed by atoms with Crippen molar-refractivity contribution in [1.82, 2.24) is 4.57 Å². The topological polar surface area (TPSA) is 59.3 Å². The Balaban J connectivity index is 2.49. The average molecular weight is 293 g/mol. The highest BCUT2D eigenvalue weighted by molar-refractivity contribution is 5.93. The molecule has 2 aromatic rings. The molecule has 0 aliphatic heterocycles. The van der Waals surface area contributed by atoms with Crippen LogP contribution in [0.5, 0.6) is 0 Å². The summed E-state index contributed by atoms with van der Waals surface area (Å²) in [6.07, 6.45) is 0.371. The molecule has 1 heterocycles. The predicted octanol–water partition coefficient (Wildman–Crippen LogP) is 2.74. The molecule has 0 amide bonds. The number of aromatic carboxylic acids is 1. The zero-order valence-corrected chi connectivity index (χ0v) is 11.5. The van der Waals surface area contributed by atoms with Crippen molar-refractivity contribution >= 4 is 16.9 Å². The van der Waals surface area contributed by atoms with Gasteiger partial charge in [-0.3, -0.25) is 4.79 Å². The third kappa shape index (κ3) is 1.93. The molecule has 0 bridgehead atoms. The number of halogens is 2. The molecule has 1 fully saturated rings. The molecule has 0 spiro atoms. The Morgan fingerprint density at radius 3 is 2.52 bits per heavy atom. The second-order valence-electron chi connectivity index (χ2n) is 5.41. The van der Waals surface area contributed by atoms with Crippen LogP contribution < -0.4 is 5.43 Å². The summed E-state index contributed by atoms with van der Waals surface area (Å²) in [6, 6.07) is 0.549. The number of fused-ring (bicyclic) bond motifs is 1. The van der Waals surface area contributed by atoms with Crippen LogP contribution in [0.15, 0.2) is 17.1 Å². The maximum atomic E-state index is 13.9. The van der Waals surface area contributed by atoms with Gasteiger partial charge >= 0.3 is 5.97 Å². The largest absolute Gasteiger partial charge is 0.477 e. The highest BCUT2D eigenvalue weighted by atomic mass is 19.1. The van der Waals surface area contributed by atoms with Crippen molar-refractivity contribution in [2.24, 2.45) is 0 Å². The van der Waals surface area contributed by atoms with E-state index in [-0.39, 0.29) is 11.8 Å². The molecule has 4 nitrogen and oxygen atoms in total. The molecule has 0 radical (unpaired) electrons. The Morgan fingerprint density at radius 2 is 2.00 bits per heavy atom. The van der Waals surface area contributed by atoms with Gasteiger partial charge in [0.2, 0.25) is 5.43 Å². The highest BCUT2D eigenvalue weighted by Gasteiger charge is 2.40. The minimum Gasteiger partial charge on any atom is -0.477 e. The van der Waals surface area contributed by atoms with E-state index in [1.165, 1.54) is 10.8 Å². The molecule has 3 rings (SSSR count). The van der Waals surface area contributed by atoms with E-state index in [0.29, 0.717) is 16.6 Å². The number of nitrogens with zero attached hydrogens (tertiary/aromatic N) is 1. The number of benzene rings is 1. The van der Waals surface area contributed by atoms with Gasteiger partial charge in [-0.05, 0) is 31.0 Å². The molecular formula is C15H13F2NO3.